The van der Waals surface area contributed by atoms with Gasteiger partial charge in [0.05, 0.1) is 16.2 Å². The number of benzene rings is 2. The van der Waals surface area contributed by atoms with Crippen molar-refractivity contribution in [3.05, 3.63) is 65.0 Å². The third-order valence-electron chi connectivity index (χ3n) is 4.65. The van der Waals surface area contributed by atoms with Gasteiger partial charge in [-0.15, -0.1) is 0 Å². The van der Waals surface area contributed by atoms with Crippen LogP contribution in [-0.4, -0.2) is 39.0 Å². The summed E-state index contributed by atoms with van der Waals surface area (Å²) in [5.41, 5.74) is 1.30. The van der Waals surface area contributed by atoms with E-state index in [0.717, 1.165) is 5.69 Å². The Morgan fingerprint density at radius 2 is 1.86 bits per heavy atom. The van der Waals surface area contributed by atoms with Crippen LogP contribution in [0.1, 0.15) is 20.3 Å². The fourth-order valence-corrected chi connectivity index (χ4v) is 4.16. The van der Waals surface area contributed by atoms with Gasteiger partial charge in [-0.2, -0.15) is 0 Å². The summed E-state index contributed by atoms with van der Waals surface area (Å²) in [4.78, 5) is 32.4. The van der Waals surface area contributed by atoms with Gasteiger partial charge in [0, 0.05) is 25.4 Å². The van der Waals surface area contributed by atoms with Crippen molar-refractivity contribution in [2.75, 3.05) is 18.1 Å². The molecule has 0 fully saturated rings. The molecule has 0 saturated carbocycles. The van der Waals surface area contributed by atoms with Gasteiger partial charge in [-0.3, -0.25) is 14.2 Å². The lowest BCUT2D eigenvalue weighted by molar-refractivity contribution is -0.117. The largest absolute Gasteiger partial charge is 0.396 e. The molecule has 152 valence electrons. The second-order valence-electron chi connectivity index (χ2n) is 6.62. The van der Waals surface area contributed by atoms with Crippen molar-refractivity contribution in [3.8, 4) is 0 Å². The fourth-order valence-electron chi connectivity index (χ4n) is 3.17. The summed E-state index contributed by atoms with van der Waals surface area (Å²) in [7, 11) is 0. The smallest absolute Gasteiger partial charge is 0.262 e. The van der Waals surface area contributed by atoms with Gasteiger partial charge in [-0.1, -0.05) is 42.1 Å². The summed E-state index contributed by atoms with van der Waals surface area (Å²) in [5.74, 6) is -0.0418. The highest BCUT2D eigenvalue weighted by molar-refractivity contribution is 8.00. The number of carbonyl (C=O) groups is 1. The molecule has 1 aromatic heterocycles. The minimum absolute atomic E-state index is 0.0184. The molecule has 3 aromatic rings. The van der Waals surface area contributed by atoms with Crippen molar-refractivity contribution in [1.29, 1.82) is 0 Å². The number of hydrogen-bond donors (Lipinski definition) is 1. The zero-order chi connectivity index (χ0) is 20.8. The van der Waals surface area contributed by atoms with Crippen molar-refractivity contribution in [2.45, 2.75) is 37.2 Å². The molecule has 0 aliphatic carbocycles. The van der Waals surface area contributed by atoms with Crippen molar-refractivity contribution >= 4 is 34.3 Å². The summed E-state index contributed by atoms with van der Waals surface area (Å²) in [6.07, 6.45) is 0.445. The maximum Gasteiger partial charge on any atom is 0.262 e. The number of nitrogens with zero attached hydrogens (tertiary/aromatic N) is 3. The Morgan fingerprint density at radius 3 is 2.55 bits per heavy atom. The van der Waals surface area contributed by atoms with Crippen LogP contribution in [-0.2, 0) is 11.3 Å². The van der Waals surface area contributed by atoms with Crippen molar-refractivity contribution in [1.82, 2.24) is 9.55 Å². The van der Waals surface area contributed by atoms with Gasteiger partial charge in [-0.05, 0) is 44.5 Å². The maximum absolute atomic E-state index is 13.1. The number of thioether (sulfide) groups is 1. The fraction of sp³-hybridized carbons (Fsp3) is 0.318. The number of fused-ring (bicyclic) bond motifs is 1. The van der Waals surface area contributed by atoms with Gasteiger partial charge >= 0.3 is 0 Å². The van der Waals surface area contributed by atoms with E-state index in [1.807, 2.05) is 50.2 Å². The molecule has 0 spiro atoms. The van der Waals surface area contributed by atoms with E-state index in [2.05, 4.69) is 4.98 Å². The summed E-state index contributed by atoms with van der Waals surface area (Å²) in [6.45, 7) is 4.66. The SMILES string of the molecule is CCN(C(=O)C(C)Sc1nc2ccccc2c(=O)n1CCCO)c1ccccc1. The molecular formula is C22H25N3O3S. The zero-order valence-corrected chi connectivity index (χ0v) is 17.4. The minimum atomic E-state index is -0.427. The topological polar surface area (TPSA) is 75.4 Å². The molecule has 0 aliphatic heterocycles. The average Bonchev–Trinajstić information content (AvgIpc) is 2.75. The maximum atomic E-state index is 13.1. The molecule has 0 saturated heterocycles. The Balaban J connectivity index is 1.93. The van der Waals surface area contributed by atoms with E-state index in [9.17, 15) is 14.7 Å². The van der Waals surface area contributed by atoms with E-state index in [1.165, 1.54) is 11.8 Å². The summed E-state index contributed by atoms with van der Waals surface area (Å²) in [6, 6.07) is 16.7. The monoisotopic (exact) mass is 411 g/mol. The lowest BCUT2D eigenvalue weighted by Crippen LogP contribution is -2.37. The van der Waals surface area contributed by atoms with Crippen molar-refractivity contribution in [2.24, 2.45) is 0 Å². The van der Waals surface area contributed by atoms with Gasteiger partial charge in [0.15, 0.2) is 5.16 Å². The Hall–Kier alpha value is -2.64. The van der Waals surface area contributed by atoms with Crippen LogP contribution in [0.15, 0.2) is 64.5 Å². The molecule has 0 bridgehead atoms. The van der Waals surface area contributed by atoms with Crippen LogP contribution in [0.2, 0.25) is 0 Å². The number of aliphatic hydroxyl groups excluding tert-OH is 1. The van der Waals surface area contributed by atoms with E-state index >= 15 is 0 Å². The number of rotatable bonds is 8. The highest BCUT2D eigenvalue weighted by Gasteiger charge is 2.24. The van der Waals surface area contributed by atoms with Crippen LogP contribution >= 0.6 is 11.8 Å². The van der Waals surface area contributed by atoms with Crippen LogP contribution in [0.4, 0.5) is 5.69 Å². The minimum Gasteiger partial charge on any atom is -0.396 e. The first-order chi connectivity index (χ1) is 14.1. The lowest BCUT2D eigenvalue weighted by atomic mass is 10.2. The van der Waals surface area contributed by atoms with Gasteiger partial charge in [0.1, 0.15) is 0 Å². The molecule has 29 heavy (non-hydrogen) atoms. The summed E-state index contributed by atoms with van der Waals surface area (Å²) >= 11 is 1.28. The molecule has 2 aromatic carbocycles. The van der Waals surface area contributed by atoms with E-state index in [1.54, 1.807) is 27.7 Å². The number of aliphatic hydroxyl groups is 1. The number of anilines is 1. The first-order valence-corrected chi connectivity index (χ1v) is 10.6. The normalized spacial score (nSPS) is 12.1. The van der Waals surface area contributed by atoms with Crippen LogP contribution in [0.25, 0.3) is 10.9 Å². The third kappa shape index (κ3) is 4.68. The Kier molecular flexibility index (Phi) is 7.06. The van der Waals surface area contributed by atoms with Gasteiger partial charge < -0.3 is 10.0 Å². The number of aromatic nitrogens is 2. The van der Waals surface area contributed by atoms with Crippen LogP contribution < -0.4 is 10.5 Å². The molecule has 1 amide bonds. The molecule has 1 heterocycles. The van der Waals surface area contributed by atoms with Crippen LogP contribution in [0, 0.1) is 0 Å². The zero-order valence-electron chi connectivity index (χ0n) is 16.6. The number of hydrogen-bond acceptors (Lipinski definition) is 5. The van der Waals surface area contributed by atoms with Crippen molar-refractivity contribution in [3.63, 3.8) is 0 Å². The quantitative estimate of drug-likeness (QED) is 0.455. The second kappa shape index (κ2) is 9.71. The average molecular weight is 412 g/mol. The lowest BCUT2D eigenvalue weighted by Gasteiger charge is -2.24. The van der Waals surface area contributed by atoms with Gasteiger partial charge in [0.25, 0.3) is 5.56 Å². The van der Waals surface area contributed by atoms with E-state index in [0.29, 0.717) is 35.6 Å². The molecule has 3 rings (SSSR count). The highest BCUT2D eigenvalue weighted by atomic mass is 32.2. The Bertz CT molecular complexity index is 1040. The van der Waals surface area contributed by atoms with E-state index in [-0.39, 0.29) is 18.1 Å². The number of para-hydroxylation sites is 2. The molecule has 1 N–H and O–H groups in total. The predicted molar refractivity (Wildman–Crippen MR) is 117 cm³/mol. The van der Waals surface area contributed by atoms with Crippen molar-refractivity contribution < 1.29 is 9.90 Å². The van der Waals surface area contributed by atoms with E-state index in [4.69, 9.17) is 0 Å². The summed E-state index contributed by atoms with van der Waals surface area (Å²) < 4.78 is 1.56. The van der Waals surface area contributed by atoms with Crippen LogP contribution in [0.3, 0.4) is 0 Å². The van der Waals surface area contributed by atoms with Gasteiger partial charge in [0.2, 0.25) is 5.91 Å². The number of amides is 1. The molecule has 0 radical (unpaired) electrons. The Morgan fingerprint density at radius 1 is 1.17 bits per heavy atom. The predicted octanol–water partition coefficient (Wildman–Crippen LogP) is 3.31. The first-order valence-electron chi connectivity index (χ1n) is 9.70. The number of carbonyl (C=O) groups excluding carboxylic acids is 1. The Labute approximate surface area is 174 Å². The van der Waals surface area contributed by atoms with E-state index < -0.39 is 5.25 Å². The molecule has 0 aliphatic rings. The molecule has 1 atom stereocenters. The molecule has 1 unspecified atom stereocenters. The third-order valence-corrected chi connectivity index (χ3v) is 5.72. The molecule has 7 heteroatoms. The highest BCUT2D eigenvalue weighted by Crippen LogP contribution is 2.26. The first kappa shape index (κ1) is 21.1. The molecule has 6 nitrogen and oxygen atoms in total. The second-order valence-corrected chi connectivity index (χ2v) is 7.93. The summed E-state index contributed by atoms with van der Waals surface area (Å²) in [5, 5.41) is 9.82. The van der Waals surface area contributed by atoms with Crippen LogP contribution in [0.5, 0.6) is 0 Å². The standard InChI is InChI=1S/C22H25N3O3S/c1-3-24(17-10-5-4-6-11-17)20(27)16(2)29-22-23-19-13-8-7-12-18(19)21(28)25(22)14-9-15-26/h4-8,10-13,16,26H,3,9,14-15H2,1-2H3. The molecular weight excluding hydrogens is 386 g/mol. The van der Waals surface area contributed by atoms with Gasteiger partial charge in [-0.25, -0.2) is 4.98 Å².